The minimum absolute atomic E-state index is 0.564. The zero-order valence-electron chi connectivity index (χ0n) is 27.4. The third-order valence-electron chi connectivity index (χ3n) is 10.3. The number of hydrogen-bond acceptors (Lipinski definition) is 6. The third-order valence-corrected chi connectivity index (χ3v) is 12.7. The van der Waals surface area contributed by atoms with Crippen LogP contribution in [0.3, 0.4) is 0 Å². The van der Waals surface area contributed by atoms with Crippen molar-refractivity contribution in [2.45, 2.75) is 0 Å². The van der Waals surface area contributed by atoms with Crippen LogP contribution in [0.2, 0.25) is 0 Å². The lowest BCUT2D eigenvalue weighted by Crippen LogP contribution is -2.10. The summed E-state index contributed by atoms with van der Waals surface area (Å²) in [6, 6.07) is 47.4. The van der Waals surface area contributed by atoms with Crippen molar-refractivity contribution in [3.8, 4) is 23.3 Å². The van der Waals surface area contributed by atoms with Gasteiger partial charge >= 0.3 is 0 Å². The van der Waals surface area contributed by atoms with Crippen LogP contribution in [0.15, 0.2) is 146 Å². The van der Waals surface area contributed by atoms with E-state index in [2.05, 4.69) is 135 Å². The van der Waals surface area contributed by atoms with E-state index < -0.39 is 0 Å². The zero-order valence-corrected chi connectivity index (χ0v) is 29.0. The Kier molecular flexibility index (Phi) is 5.71. The Hall–Kier alpha value is -6.48. The third kappa shape index (κ3) is 3.82. The average Bonchev–Trinajstić information content (AvgIpc) is 3.96. The number of aromatic nitrogens is 6. The first-order valence-electron chi connectivity index (χ1n) is 17.1. The fourth-order valence-corrected chi connectivity index (χ4v) is 10.5. The van der Waals surface area contributed by atoms with E-state index in [0.717, 1.165) is 38.4 Å². The first kappa shape index (κ1) is 28.2. The quantitative estimate of drug-likeness (QED) is 0.184. The van der Waals surface area contributed by atoms with Crippen molar-refractivity contribution in [2.75, 3.05) is 0 Å². The number of hydrogen-bond donors (Lipinski definition) is 0. The van der Waals surface area contributed by atoms with Gasteiger partial charge in [-0.3, -0.25) is 14.1 Å². The largest absolute Gasteiger partial charge is 0.276 e. The Morgan fingerprint density at radius 2 is 0.885 bits per heavy atom. The summed E-state index contributed by atoms with van der Waals surface area (Å²) in [6.45, 7) is 0. The van der Waals surface area contributed by atoms with Crippen LogP contribution in [0.5, 0.6) is 0 Å². The van der Waals surface area contributed by atoms with Gasteiger partial charge in [0, 0.05) is 70.4 Å². The van der Waals surface area contributed by atoms with Crippen LogP contribution in [-0.4, -0.2) is 29.1 Å². The number of nitrogens with zero attached hydrogens (tertiary/aromatic N) is 6. The molecule has 6 nitrogen and oxygen atoms in total. The Morgan fingerprint density at radius 3 is 1.40 bits per heavy atom. The standard InChI is InChI=1S/C44H24N6S2/c1-5-15-34-26(11-1)30-19-21-32-28-13-3-7-17-36(28)51-40(32)38(30)49(34)43-46-42(25-10-9-23-45-24-25)47-44(48-43)50-35-16-6-2-12-27(35)31-20-22-33-29-14-4-8-18-37(29)52-41(33)39(31)50/h1-24H. The van der Waals surface area contributed by atoms with Gasteiger partial charge < -0.3 is 0 Å². The van der Waals surface area contributed by atoms with Crippen molar-refractivity contribution in [3.05, 3.63) is 146 Å². The molecule has 12 rings (SSSR count). The van der Waals surface area contributed by atoms with Crippen molar-refractivity contribution in [2.24, 2.45) is 0 Å². The molecule has 52 heavy (non-hydrogen) atoms. The van der Waals surface area contributed by atoms with Gasteiger partial charge in [-0.1, -0.05) is 97.1 Å². The number of pyridine rings is 1. The van der Waals surface area contributed by atoms with E-state index in [4.69, 9.17) is 15.0 Å². The molecule has 0 N–H and O–H groups in total. The summed E-state index contributed by atoms with van der Waals surface area (Å²) in [6.07, 6.45) is 3.61. The first-order chi connectivity index (χ1) is 25.8. The van der Waals surface area contributed by atoms with Crippen molar-refractivity contribution >= 4 is 107 Å². The van der Waals surface area contributed by atoms with Crippen molar-refractivity contribution < 1.29 is 0 Å². The minimum atomic E-state index is 0.564. The molecule has 8 heteroatoms. The lowest BCUT2D eigenvalue weighted by molar-refractivity contribution is 0.894. The molecule has 0 aliphatic heterocycles. The fourth-order valence-electron chi connectivity index (χ4n) is 8.06. The molecule has 0 bridgehead atoms. The number of para-hydroxylation sites is 2. The second-order valence-electron chi connectivity index (χ2n) is 13.1. The maximum absolute atomic E-state index is 5.46. The van der Waals surface area contributed by atoms with Crippen LogP contribution in [0, 0.1) is 0 Å². The fraction of sp³-hybridized carbons (Fsp3) is 0. The molecule has 6 aromatic carbocycles. The second kappa shape index (κ2) is 10.5. The van der Waals surface area contributed by atoms with Crippen LogP contribution in [0.1, 0.15) is 0 Å². The molecule has 0 radical (unpaired) electrons. The minimum Gasteiger partial charge on any atom is -0.276 e. The van der Waals surface area contributed by atoms with Gasteiger partial charge in [0.05, 0.1) is 31.5 Å². The van der Waals surface area contributed by atoms with E-state index in [9.17, 15) is 0 Å². The van der Waals surface area contributed by atoms with E-state index in [0.29, 0.717) is 17.7 Å². The molecule has 0 aliphatic carbocycles. The maximum atomic E-state index is 5.46. The Bertz CT molecular complexity index is 3220. The molecular weight excluding hydrogens is 677 g/mol. The molecule has 0 fully saturated rings. The number of thiophene rings is 2. The molecule has 0 spiro atoms. The van der Waals surface area contributed by atoms with E-state index in [1.165, 1.54) is 51.1 Å². The highest BCUT2D eigenvalue weighted by Crippen LogP contribution is 2.44. The summed E-state index contributed by atoms with van der Waals surface area (Å²) >= 11 is 3.64. The van der Waals surface area contributed by atoms with Gasteiger partial charge in [-0.2, -0.15) is 15.0 Å². The Morgan fingerprint density at radius 1 is 0.404 bits per heavy atom. The predicted octanol–water partition coefficient (Wildman–Crippen LogP) is 11.9. The van der Waals surface area contributed by atoms with Gasteiger partial charge in [-0.05, 0) is 36.4 Å². The SMILES string of the molecule is c1cncc(-c2nc(-n3c4ccccc4c4ccc5c6ccccc6sc5c43)nc(-n3c4ccccc4c4ccc5c6ccccc6sc5c43)n2)c1. The molecule has 0 aliphatic rings. The smallest absolute Gasteiger partial charge is 0.240 e. The molecule has 0 atom stereocenters. The van der Waals surface area contributed by atoms with Gasteiger partial charge in [-0.25, -0.2) is 0 Å². The molecule has 6 aromatic heterocycles. The van der Waals surface area contributed by atoms with E-state index in [-0.39, 0.29) is 0 Å². The van der Waals surface area contributed by atoms with Crippen LogP contribution >= 0.6 is 22.7 Å². The van der Waals surface area contributed by atoms with Gasteiger partial charge in [0.15, 0.2) is 5.82 Å². The molecule has 0 saturated carbocycles. The number of fused-ring (bicyclic) bond motifs is 14. The van der Waals surface area contributed by atoms with Gasteiger partial charge in [0.1, 0.15) is 0 Å². The monoisotopic (exact) mass is 700 g/mol. The molecular formula is C44H24N6S2. The van der Waals surface area contributed by atoms with Crippen LogP contribution in [-0.2, 0) is 0 Å². The molecule has 0 unspecified atom stereocenters. The van der Waals surface area contributed by atoms with Crippen molar-refractivity contribution in [1.29, 1.82) is 0 Å². The van der Waals surface area contributed by atoms with Crippen molar-refractivity contribution in [3.63, 3.8) is 0 Å². The molecule has 6 heterocycles. The summed E-state index contributed by atoms with van der Waals surface area (Å²) < 4.78 is 9.43. The lowest BCUT2D eigenvalue weighted by atomic mass is 10.1. The van der Waals surface area contributed by atoms with E-state index >= 15 is 0 Å². The average molecular weight is 701 g/mol. The van der Waals surface area contributed by atoms with Crippen LogP contribution in [0.4, 0.5) is 0 Å². The number of rotatable bonds is 3. The first-order valence-corrected chi connectivity index (χ1v) is 18.8. The van der Waals surface area contributed by atoms with E-state index in [1.54, 1.807) is 6.20 Å². The zero-order chi connectivity index (χ0) is 33.9. The number of benzene rings is 6. The molecule has 242 valence electrons. The Labute approximate surface area is 303 Å². The highest BCUT2D eigenvalue weighted by Gasteiger charge is 2.24. The van der Waals surface area contributed by atoms with Gasteiger partial charge in [0.2, 0.25) is 11.9 Å². The lowest BCUT2D eigenvalue weighted by Gasteiger charge is -2.13. The molecule has 0 amide bonds. The highest BCUT2D eigenvalue weighted by atomic mass is 32.1. The summed E-state index contributed by atoms with van der Waals surface area (Å²) in [5, 5.41) is 9.63. The molecule has 0 saturated heterocycles. The topological polar surface area (TPSA) is 61.4 Å². The van der Waals surface area contributed by atoms with Gasteiger partial charge in [0.25, 0.3) is 0 Å². The summed E-state index contributed by atoms with van der Waals surface area (Å²) in [4.78, 5) is 20.5. The summed E-state index contributed by atoms with van der Waals surface area (Å²) in [7, 11) is 0. The molecule has 12 aromatic rings. The predicted molar refractivity (Wildman–Crippen MR) is 218 cm³/mol. The second-order valence-corrected chi connectivity index (χ2v) is 15.2. The summed E-state index contributed by atoms with van der Waals surface area (Å²) in [5.41, 5.74) is 5.12. The summed E-state index contributed by atoms with van der Waals surface area (Å²) in [5.74, 6) is 1.70. The van der Waals surface area contributed by atoms with E-state index in [1.807, 2.05) is 41.0 Å². The maximum Gasteiger partial charge on any atom is 0.240 e. The van der Waals surface area contributed by atoms with Crippen molar-refractivity contribution in [1.82, 2.24) is 29.1 Å². The normalized spacial score (nSPS) is 12.2. The highest BCUT2D eigenvalue weighted by molar-refractivity contribution is 7.27. The van der Waals surface area contributed by atoms with Crippen LogP contribution in [0.25, 0.3) is 107 Å². The van der Waals surface area contributed by atoms with Gasteiger partial charge in [-0.15, -0.1) is 22.7 Å². The Balaban J connectivity index is 1.26. The van der Waals surface area contributed by atoms with Crippen LogP contribution < -0.4 is 0 Å².